The average molecular weight is 348 g/mol. The van der Waals surface area contributed by atoms with Crippen molar-refractivity contribution >= 4 is 55.9 Å². The monoisotopic (exact) mass is 347 g/mol. The van der Waals surface area contributed by atoms with E-state index in [9.17, 15) is 8.42 Å². The molecule has 0 atom stereocenters. The lowest BCUT2D eigenvalue weighted by Crippen LogP contribution is -2.17. The largest absolute Gasteiger partial charge is 0.389 e. The van der Waals surface area contributed by atoms with Crippen LogP contribution in [-0.4, -0.2) is 18.4 Å². The maximum atomic E-state index is 12.2. The summed E-state index contributed by atoms with van der Waals surface area (Å²) < 4.78 is 27.0. The van der Waals surface area contributed by atoms with Crippen molar-refractivity contribution in [2.45, 2.75) is 11.1 Å². The Morgan fingerprint density at radius 3 is 2.75 bits per heavy atom. The molecular formula is C11H10ClN3O2S3. The van der Waals surface area contributed by atoms with Crippen molar-refractivity contribution in [3.05, 3.63) is 40.0 Å². The fraction of sp³-hybridized carbons (Fsp3) is 0.0909. The van der Waals surface area contributed by atoms with Crippen LogP contribution in [0, 0.1) is 6.92 Å². The second-order valence-electron chi connectivity index (χ2n) is 3.86. The molecule has 0 amide bonds. The first kappa shape index (κ1) is 15.2. The Labute approximate surface area is 130 Å². The molecule has 2 aromatic rings. The molecule has 0 unspecified atom stereocenters. The Hall–Kier alpha value is -1.22. The van der Waals surface area contributed by atoms with Crippen LogP contribution < -0.4 is 10.5 Å². The van der Waals surface area contributed by atoms with Crippen molar-refractivity contribution in [3.63, 3.8) is 0 Å². The first-order chi connectivity index (χ1) is 9.29. The molecule has 0 aliphatic rings. The number of rotatable bonds is 4. The first-order valence-electron chi connectivity index (χ1n) is 5.34. The third kappa shape index (κ3) is 3.26. The molecule has 3 N–H and O–H groups in total. The molecule has 0 bridgehead atoms. The highest BCUT2D eigenvalue weighted by Gasteiger charge is 2.19. The topological polar surface area (TPSA) is 85.1 Å². The van der Waals surface area contributed by atoms with Crippen molar-refractivity contribution < 1.29 is 8.42 Å². The molecule has 0 radical (unpaired) electrons. The second kappa shape index (κ2) is 5.65. The van der Waals surface area contributed by atoms with Crippen LogP contribution in [0.1, 0.15) is 10.6 Å². The van der Waals surface area contributed by atoms with E-state index in [0.29, 0.717) is 15.6 Å². The fourth-order valence-corrected chi connectivity index (χ4v) is 4.01. The van der Waals surface area contributed by atoms with E-state index in [4.69, 9.17) is 29.6 Å². The van der Waals surface area contributed by atoms with Gasteiger partial charge in [0.15, 0.2) is 4.21 Å². The molecular weight excluding hydrogens is 338 g/mol. The van der Waals surface area contributed by atoms with Crippen LogP contribution in [0.2, 0.25) is 5.02 Å². The molecule has 106 valence electrons. The highest BCUT2D eigenvalue weighted by atomic mass is 35.5. The van der Waals surface area contributed by atoms with Gasteiger partial charge in [-0.15, -0.1) is 11.3 Å². The molecule has 2 rings (SSSR count). The number of benzene rings is 1. The van der Waals surface area contributed by atoms with Gasteiger partial charge in [-0.2, -0.15) is 0 Å². The minimum absolute atomic E-state index is 0.0832. The number of thiazole rings is 1. The number of thiocarbonyl (C=S) groups is 1. The molecule has 0 aliphatic heterocycles. The van der Waals surface area contributed by atoms with Crippen LogP contribution in [0.15, 0.2) is 28.6 Å². The van der Waals surface area contributed by atoms with Crippen molar-refractivity contribution in [1.29, 1.82) is 0 Å². The number of nitrogens with two attached hydrogens (primary N) is 1. The highest BCUT2D eigenvalue weighted by Crippen LogP contribution is 2.26. The van der Waals surface area contributed by atoms with Gasteiger partial charge < -0.3 is 5.73 Å². The third-order valence-electron chi connectivity index (χ3n) is 2.36. The van der Waals surface area contributed by atoms with Gasteiger partial charge in [-0.1, -0.05) is 23.8 Å². The number of nitrogens with one attached hydrogen (secondary N) is 1. The van der Waals surface area contributed by atoms with Crippen LogP contribution in [-0.2, 0) is 10.0 Å². The molecule has 1 aromatic carbocycles. The summed E-state index contributed by atoms with van der Waals surface area (Å²) in [6, 6.07) is 4.62. The van der Waals surface area contributed by atoms with E-state index in [1.807, 2.05) is 0 Å². The highest BCUT2D eigenvalue weighted by molar-refractivity contribution is 7.94. The Morgan fingerprint density at radius 2 is 2.20 bits per heavy atom. The first-order valence-corrected chi connectivity index (χ1v) is 8.43. The smallest absolute Gasteiger partial charge is 0.273 e. The zero-order chi connectivity index (χ0) is 14.9. The molecule has 5 nitrogen and oxygen atoms in total. The van der Waals surface area contributed by atoms with Gasteiger partial charge in [-0.25, -0.2) is 13.4 Å². The standard InChI is InChI=1S/C11H10ClN3O2S3/c1-6-14-5-10(19-6)20(16,17)15-9-4-7(12)2-3-8(9)11(13)18/h2-5,15H,1H3,(H2,13,18). The predicted octanol–water partition coefficient (Wildman–Crippen LogP) is 2.54. The number of hydrogen-bond donors (Lipinski definition) is 2. The molecule has 0 aliphatic carbocycles. The summed E-state index contributed by atoms with van der Waals surface area (Å²) in [5.74, 6) is 0. The van der Waals surface area contributed by atoms with E-state index < -0.39 is 10.0 Å². The quantitative estimate of drug-likeness (QED) is 0.830. The third-order valence-corrected chi connectivity index (χ3v) is 5.55. The Kier molecular flexibility index (Phi) is 4.28. The maximum Gasteiger partial charge on any atom is 0.273 e. The molecule has 20 heavy (non-hydrogen) atoms. The lowest BCUT2D eigenvalue weighted by atomic mass is 10.2. The number of anilines is 1. The van der Waals surface area contributed by atoms with Crippen LogP contribution in [0.5, 0.6) is 0 Å². The molecule has 1 heterocycles. The van der Waals surface area contributed by atoms with Gasteiger partial charge in [-0.3, -0.25) is 4.72 Å². The Morgan fingerprint density at radius 1 is 1.50 bits per heavy atom. The van der Waals surface area contributed by atoms with Crippen molar-refractivity contribution in [1.82, 2.24) is 4.98 Å². The molecule has 9 heteroatoms. The van der Waals surface area contributed by atoms with Gasteiger partial charge in [0.2, 0.25) is 0 Å². The molecule has 1 aromatic heterocycles. The lowest BCUT2D eigenvalue weighted by Gasteiger charge is -2.11. The number of halogens is 1. The molecule has 0 saturated heterocycles. The number of sulfonamides is 1. The van der Waals surface area contributed by atoms with Crippen molar-refractivity contribution in [3.8, 4) is 0 Å². The summed E-state index contributed by atoms with van der Waals surface area (Å²) in [6.45, 7) is 1.73. The average Bonchev–Trinajstić information content (AvgIpc) is 2.75. The molecule has 0 saturated carbocycles. The summed E-state index contributed by atoms with van der Waals surface area (Å²) in [6.07, 6.45) is 1.30. The molecule has 0 spiro atoms. The zero-order valence-electron chi connectivity index (χ0n) is 10.3. The van der Waals surface area contributed by atoms with E-state index in [1.165, 1.54) is 12.3 Å². The van der Waals surface area contributed by atoms with Gasteiger partial charge in [-0.05, 0) is 25.1 Å². The summed E-state index contributed by atoms with van der Waals surface area (Å²) in [5.41, 5.74) is 6.23. The van der Waals surface area contributed by atoms with Gasteiger partial charge in [0.05, 0.1) is 16.9 Å². The van der Waals surface area contributed by atoms with E-state index >= 15 is 0 Å². The summed E-state index contributed by atoms with van der Waals surface area (Å²) in [4.78, 5) is 4.01. The van der Waals surface area contributed by atoms with Crippen molar-refractivity contribution in [2.24, 2.45) is 5.73 Å². The van der Waals surface area contributed by atoms with Crippen molar-refractivity contribution in [2.75, 3.05) is 4.72 Å². The Bertz CT molecular complexity index is 771. The normalized spacial score (nSPS) is 11.3. The van der Waals surface area contributed by atoms with Gasteiger partial charge in [0, 0.05) is 10.6 Å². The number of nitrogens with zero attached hydrogens (tertiary/aromatic N) is 1. The van der Waals surface area contributed by atoms with Crippen LogP contribution in [0.4, 0.5) is 5.69 Å². The number of aromatic nitrogens is 1. The SMILES string of the molecule is Cc1ncc(S(=O)(=O)Nc2cc(Cl)ccc2C(N)=S)s1. The summed E-state index contributed by atoms with van der Waals surface area (Å²) >= 11 is 11.8. The number of aryl methyl sites for hydroxylation is 1. The minimum atomic E-state index is -3.73. The van der Waals surface area contributed by atoms with E-state index in [1.54, 1.807) is 19.1 Å². The lowest BCUT2D eigenvalue weighted by molar-refractivity contribution is 0.603. The van der Waals surface area contributed by atoms with E-state index in [2.05, 4.69) is 9.71 Å². The summed E-state index contributed by atoms with van der Waals surface area (Å²) in [5, 5.41) is 1.04. The fourth-order valence-electron chi connectivity index (χ4n) is 1.48. The van der Waals surface area contributed by atoms with E-state index in [0.717, 1.165) is 11.3 Å². The van der Waals surface area contributed by atoms with Crippen LogP contribution in [0.25, 0.3) is 0 Å². The minimum Gasteiger partial charge on any atom is -0.389 e. The predicted molar refractivity (Wildman–Crippen MR) is 85.0 cm³/mol. The van der Waals surface area contributed by atoms with E-state index in [-0.39, 0.29) is 14.9 Å². The Balaban J connectivity index is 2.44. The summed E-state index contributed by atoms with van der Waals surface area (Å²) in [7, 11) is -3.73. The second-order valence-corrected chi connectivity index (χ2v) is 7.88. The maximum absolute atomic E-state index is 12.2. The molecule has 0 fully saturated rings. The van der Waals surface area contributed by atoms with Gasteiger partial charge >= 0.3 is 0 Å². The van der Waals surface area contributed by atoms with Gasteiger partial charge in [0.1, 0.15) is 4.99 Å². The zero-order valence-corrected chi connectivity index (χ0v) is 13.5. The number of hydrogen-bond acceptors (Lipinski definition) is 5. The van der Waals surface area contributed by atoms with Crippen LogP contribution in [0.3, 0.4) is 0 Å². The van der Waals surface area contributed by atoms with Crippen LogP contribution >= 0.6 is 35.2 Å². The van der Waals surface area contributed by atoms with Gasteiger partial charge in [0.25, 0.3) is 10.0 Å².